The van der Waals surface area contributed by atoms with Gasteiger partial charge in [0.25, 0.3) is 0 Å². The molecule has 1 aliphatic heterocycles. The minimum Gasteiger partial charge on any atom is -0.463 e. The molecule has 1 heterocycles. The van der Waals surface area contributed by atoms with Gasteiger partial charge in [-0.1, -0.05) is 29.8 Å². The average molecular weight is 248 g/mol. The Hall–Kier alpha value is -1.35. The second-order valence-corrected chi connectivity index (χ2v) is 5.34. The molecule has 2 atom stereocenters. The van der Waals surface area contributed by atoms with Gasteiger partial charge in [0, 0.05) is 12.0 Å². The van der Waals surface area contributed by atoms with Crippen molar-refractivity contribution in [2.75, 3.05) is 6.54 Å². The molecule has 18 heavy (non-hydrogen) atoms. The first kappa shape index (κ1) is 13.1. The Kier molecular flexibility index (Phi) is 4.02. The molecule has 2 rings (SSSR count). The third-order valence-electron chi connectivity index (χ3n) is 3.45. The number of esters is 1. The standard InChI is InChI=1S/C15H21NO2/c1-10(2)18-15(17)13-8-9-16-14(13)12-6-4-11(3)5-7-12/h4-7,10,13-14,16H,8-9H2,1-3H3/p+1/t13-,14-/m0/s1. The Labute approximate surface area is 109 Å². The minimum atomic E-state index is -0.0516. The molecule has 2 N–H and O–H groups in total. The molecule has 0 unspecified atom stereocenters. The zero-order chi connectivity index (χ0) is 13.1. The fourth-order valence-corrected chi connectivity index (χ4v) is 2.54. The van der Waals surface area contributed by atoms with Crippen molar-refractivity contribution in [1.29, 1.82) is 0 Å². The number of hydrogen-bond donors (Lipinski definition) is 1. The van der Waals surface area contributed by atoms with Crippen molar-refractivity contribution in [3.8, 4) is 0 Å². The van der Waals surface area contributed by atoms with Gasteiger partial charge >= 0.3 is 5.97 Å². The fraction of sp³-hybridized carbons (Fsp3) is 0.533. The number of aryl methyl sites for hydroxylation is 1. The Bertz CT molecular complexity index is 411. The largest absolute Gasteiger partial charge is 0.463 e. The summed E-state index contributed by atoms with van der Waals surface area (Å²) in [5, 5.41) is 2.25. The number of ether oxygens (including phenoxy) is 1. The van der Waals surface area contributed by atoms with Crippen molar-refractivity contribution in [2.24, 2.45) is 5.92 Å². The maximum Gasteiger partial charge on any atom is 0.315 e. The van der Waals surface area contributed by atoms with Gasteiger partial charge in [0.1, 0.15) is 12.0 Å². The highest BCUT2D eigenvalue weighted by molar-refractivity contribution is 5.73. The second kappa shape index (κ2) is 5.53. The van der Waals surface area contributed by atoms with Gasteiger partial charge < -0.3 is 10.1 Å². The summed E-state index contributed by atoms with van der Waals surface area (Å²) in [6, 6.07) is 8.67. The third-order valence-corrected chi connectivity index (χ3v) is 3.45. The van der Waals surface area contributed by atoms with Gasteiger partial charge in [-0.25, -0.2) is 0 Å². The summed E-state index contributed by atoms with van der Waals surface area (Å²) in [5.74, 6) is -0.0561. The van der Waals surface area contributed by atoms with Crippen molar-refractivity contribution < 1.29 is 14.8 Å². The Morgan fingerprint density at radius 1 is 1.33 bits per heavy atom. The van der Waals surface area contributed by atoms with Gasteiger partial charge in [0.15, 0.2) is 0 Å². The Morgan fingerprint density at radius 3 is 2.61 bits per heavy atom. The molecule has 0 amide bonds. The lowest BCUT2D eigenvalue weighted by Gasteiger charge is -2.17. The molecular weight excluding hydrogens is 226 g/mol. The van der Waals surface area contributed by atoms with Crippen LogP contribution in [-0.4, -0.2) is 18.6 Å². The minimum absolute atomic E-state index is 0.00453. The molecule has 1 aliphatic rings. The van der Waals surface area contributed by atoms with Crippen LogP contribution >= 0.6 is 0 Å². The first-order chi connectivity index (χ1) is 8.58. The lowest BCUT2D eigenvalue weighted by atomic mass is 9.94. The monoisotopic (exact) mass is 248 g/mol. The summed E-state index contributed by atoms with van der Waals surface area (Å²) in [6.45, 7) is 6.87. The van der Waals surface area contributed by atoms with E-state index in [1.54, 1.807) is 0 Å². The van der Waals surface area contributed by atoms with Crippen molar-refractivity contribution >= 4 is 5.97 Å². The average Bonchev–Trinajstić information content (AvgIpc) is 2.78. The van der Waals surface area contributed by atoms with Crippen molar-refractivity contribution in [3.63, 3.8) is 0 Å². The van der Waals surface area contributed by atoms with Crippen LogP contribution in [-0.2, 0) is 9.53 Å². The SMILES string of the molecule is Cc1ccc([C@@H]2[NH2+]CC[C@@H]2C(=O)OC(C)C)cc1. The van der Waals surface area contributed by atoms with E-state index < -0.39 is 0 Å². The molecule has 0 bridgehead atoms. The van der Waals surface area contributed by atoms with Gasteiger partial charge in [-0.2, -0.15) is 0 Å². The van der Waals surface area contributed by atoms with Crippen LogP contribution in [0.1, 0.15) is 37.4 Å². The highest BCUT2D eigenvalue weighted by Crippen LogP contribution is 2.26. The highest BCUT2D eigenvalue weighted by atomic mass is 16.5. The lowest BCUT2D eigenvalue weighted by molar-refractivity contribution is -0.678. The van der Waals surface area contributed by atoms with E-state index in [9.17, 15) is 4.79 Å². The van der Waals surface area contributed by atoms with Crippen LogP contribution in [0.25, 0.3) is 0 Å². The van der Waals surface area contributed by atoms with E-state index in [-0.39, 0.29) is 24.0 Å². The molecule has 0 aromatic heterocycles. The summed E-state index contributed by atoms with van der Waals surface area (Å²) in [6.07, 6.45) is 0.876. The van der Waals surface area contributed by atoms with E-state index in [0.29, 0.717) is 0 Å². The van der Waals surface area contributed by atoms with E-state index in [1.165, 1.54) is 11.1 Å². The normalized spacial score (nSPS) is 23.3. The number of hydrogen-bond acceptors (Lipinski definition) is 2. The predicted molar refractivity (Wildman–Crippen MR) is 70.0 cm³/mol. The molecule has 0 spiro atoms. The zero-order valence-electron chi connectivity index (χ0n) is 11.3. The molecule has 98 valence electrons. The zero-order valence-corrected chi connectivity index (χ0v) is 11.3. The maximum atomic E-state index is 12.1. The molecule has 3 heteroatoms. The van der Waals surface area contributed by atoms with Crippen LogP contribution in [0, 0.1) is 12.8 Å². The van der Waals surface area contributed by atoms with Crippen LogP contribution in [0.15, 0.2) is 24.3 Å². The van der Waals surface area contributed by atoms with Crippen molar-refractivity contribution in [2.45, 2.75) is 39.3 Å². The van der Waals surface area contributed by atoms with Crippen molar-refractivity contribution in [3.05, 3.63) is 35.4 Å². The quantitative estimate of drug-likeness (QED) is 0.825. The van der Waals surface area contributed by atoms with E-state index in [2.05, 4.69) is 36.5 Å². The summed E-state index contributed by atoms with van der Waals surface area (Å²) in [4.78, 5) is 12.1. The number of carbonyl (C=O) groups is 1. The van der Waals surface area contributed by atoms with Crippen LogP contribution < -0.4 is 5.32 Å². The Balaban J connectivity index is 2.12. The molecule has 3 nitrogen and oxygen atoms in total. The molecule has 1 aromatic rings. The summed E-state index contributed by atoms with van der Waals surface area (Å²) >= 11 is 0. The molecule has 0 saturated carbocycles. The summed E-state index contributed by atoms with van der Waals surface area (Å²) in [7, 11) is 0. The molecule has 1 aromatic carbocycles. The van der Waals surface area contributed by atoms with E-state index in [4.69, 9.17) is 4.74 Å². The smallest absolute Gasteiger partial charge is 0.315 e. The summed E-state index contributed by atoms with van der Waals surface area (Å²) in [5.41, 5.74) is 2.47. The second-order valence-electron chi connectivity index (χ2n) is 5.34. The Morgan fingerprint density at radius 2 is 2.00 bits per heavy atom. The molecule has 1 fully saturated rings. The number of carbonyl (C=O) groups excluding carboxylic acids is 1. The van der Waals surface area contributed by atoms with Crippen LogP contribution in [0.5, 0.6) is 0 Å². The van der Waals surface area contributed by atoms with Crippen LogP contribution in [0.4, 0.5) is 0 Å². The third kappa shape index (κ3) is 2.91. The van der Waals surface area contributed by atoms with Crippen LogP contribution in [0.3, 0.4) is 0 Å². The highest BCUT2D eigenvalue weighted by Gasteiger charge is 2.38. The lowest BCUT2D eigenvalue weighted by Crippen LogP contribution is -2.82. The van der Waals surface area contributed by atoms with E-state index in [0.717, 1.165) is 13.0 Å². The number of benzene rings is 1. The number of quaternary nitrogens is 1. The van der Waals surface area contributed by atoms with E-state index >= 15 is 0 Å². The number of rotatable bonds is 3. The molecule has 0 aliphatic carbocycles. The van der Waals surface area contributed by atoms with Gasteiger partial charge in [-0.15, -0.1) is 0 Å². The van der Waals surface area contributed by atoms with Crippen LogP contribution in [0.2, 0.25) is 0 Å². The van der Waals surface area contributed by atoms with Gasteiger partial charge in [-0.05, 0) is 20.8 Å². The first-order valence-electron chi connectivity index (χ1n) is 6.68. The number of nitrogens with two attached hydrogens (primary N) is 1. The molecule has 0 radical (unpaired) electrons. The topological polar surface area (TPSA) is 42.9 Å². The van der Waals surface area contributed by atoms with Gasteiger partial charge in [-0.3, -0.25) is 4.79 Å². The van der Waals surface area contributed by atoms with Crippen molar-refractivity contribution in [1.82, 2.24) is 0 Å². The maximum absolute atomic E-state index is 12.1. The van der Waals surface area contributed by atoms with Gasteiger partial charge in [0.2, 0.25) is 0 Å². The fourth-order valence-electron chi connectivity index (χ4n) is 2.54. The predicted octanol–water partition coefficient (Wildman–Crippen LogP) is 1.57. The first-order valence-corrected chi connectivity index (χ1v) is 6.68. The molecule has 1 saturated heterocycles. The van der Waals surface area contributed by atoms with E-state index in [1.807, 2.05) is 13.8 Å². The molecular formula is C15H22NO2+. The summed E-state index contributed by atoms with van der Waals surface area (Å²) < 4.78 is 5.35. The van der Waals surface area contributed by atoms with Gasteiger partial charge in [0.05, 0.1) is 12.6 Å².